The molecule has 0 spiro atoms. The molecule has 0 saturated carbocycles. The van der Waals surface area contributed by atoms with Crippen molar-refractivity contribution < 1.29 is 23.8 Å². The predicted molar refractivity (Wildman–Crippen MR) is 150 cm³/mol. The van der Waals surface area contributed by atoms with Crippen LogP contribution in [0, 0.1) is 0 Å². The highest BCUT2D eigenvalue weighted by molar-refractivity contribution is 7.98. The largest absolute Gasteiger partial charge is 0.478 e. The van der Waals surface area contributed by atoms with Gasteiger partial charge in [-0.1, -0.05) is 41.7 Å². The van der Waals surface area contributed by atoms with Gasteiger partial charge in [-0.15, -0.1) is 11.8 Å². The van der Waals surface area contributed by atoms with Gasteiger partial charge in [-0.2, -0.15) is 0 Å². The number of ether oxygens (including phenoxy) is 1. The van der Waals surface area contributed by atoms with Gasteiger partial charge in [0.2, 0.25) is 0 Å². The van der Waals surface area contributed by atoms with E-state index in [1.807, 2.05) is 30.5 Å². The number of benzene rings is 2. The number of carboxylic acids is 1. The molecule has 0 bridgehead atoms. The third-order valence-electron chi connectivity index (χ3n) is 6.27. The molecule has 1 aliphatic rings. The number of allylic oxidation sites excluding steroid dienone is 1. The summed E-state index contributed by atoms with van der Waals surface area (Å²) in [6.45, 7) is 3.67. The first-order valence-electron chi connectivity index (χ1n) is 12.1. The number of furan rings is 1. The summed E-state index contributed by atoms with van der Waals surface area (Å²) in [7, 11) is 0. The lowest BCUT2D eigenvalue weighted by atomic mass is 9.96. The van der Waals surface area contributed by atoms with E-state index in [4.69, 9.17) is 9.15 Å². The van der Waals surface area contributed by atoms with Crippen molar-refractivity contribution in [2.75, 3.05) is 12.9 Å². The van der Waals surface area contributed by atoms with Gasteiger partial charge in [0.05, 0.1) is 34.0 Å². The van der Waals surface area contributed by atoms with E-state index in [0.29, 0.717) is 37.7 Å². The lowest BCUT2D eigenvalue weighted by Gasteiger charge is -2.24. The van der Waals surface area contributed by atoms with Crippen LogP contribution in [-0.2, 0) is 9.53 Å². The minimum atomic E-state index is -1.06. The molecule has 0 radical (unpaired) electrons. The van der Waals surface area contributed by atoms with E-state index in [9.17, 15) is 19.5 Å². The van der Waals surface area contributed by atoms with Gasteiger partial charge in [0, 0.05) is 16.5 Å². The monoisotopic (exact) mass is 560 g/mol. The highest BCUT2D eigenvalue weighted by Crippen LogP contribution is 2.32. The molecule has 0 fully saturated rings. The summed E-state index contributed by atoms with van der Waals surface area (Å²) >= 11 is 2.79. The zero-order valence-electron chi connectivity index (χ0n) is 21.3. The first-order valence-corrected chi connectivity index (χ1v) is 14.1. The number of carbonyl (C=O) groups is 2. The summed E-state index contributed by atoms with van der Waals surface area (Å²) in [6.07, 6.45) is 3.58. The number of hydrogen-bond donors (Lipinski definition) is 1. The van der Waals surface area contributed by atoms with Gasteiger partial charge in [0.1, 0.15) is 11.5 Å². The maximum atomic E-state index is 13.8. The smallest absolute Gasteiger partial charge is 0.338 e. The standard InChI is InChI=1S/C29H24N2O6S2/c1-4-36-28(35)24-16(2)30-29-31(25(24)17-9-12-19(38-3)13-10-17)26(32)23(39-29)15-18-11-14-22(37-18)20-7-5-6-8-21(20)27(33)34/h5-15,25H,4H2,1-3H3,(H,33,34). The maximum absolute atomic E-state index is 13.8. The second-order valence-electron chi connectivity index (χ2n) is 8.63. The summed E-state index contributed by atoms with van der Waals surface area (Å²) in [5.41, 5.74) is 1.81. The van der Waals surface area contributed by atoms with E-state index in [0.717, 1.165) is 10.5 Å². The molecule has 0 aliphatic carbocycles. The number of carboxylic acid groups (broad SMARTS) is 1. The number of aromatic nitrogens is 1. The zero-order chi connectivity index (χ0) is 27.7. The van der Waals surface area contributed by atoms with Crippen LogP contribution in [0.4, 0.5) is 0 Å². The SMILES string of the molecule is CCOC(=O)C1=C(C)N=c2sc(=Cc3ccc(-c4ccccc4C(=O)O)o3)c(=O)n2C1c1ccc(SC)cc1. The van der Waals surface area contributed by atoms with Crippen molar-refractivity contribution in [3.63, 3.8) is 0 Å². The Hall–Kier alpha value is -4.15. The van der Waals surface area contributed by atoms with Crippen molar-refractivity contribution in [3.05, 3.63) is 109 Å². The normalized spacial score (nSPS) is 15.2. The van der Waals surface area contributed by atoms with Crippen molar-refractivity contribution in [3.8, 4) is 11.3 Å². The highest BCUT2D eigenvalue weighted by atomic mass is 32.2. The summed E-state index contributed by atoms with van der Waals surface area (Å²) in [5.74, 6) is -0.813. The van der Waals surface area contributed by atoms with Crippen LogP contribution in [0.25, 0.3) is 17.4 Å². The van der Waals surface area contributed by atoms with Crippen LogP contribution in [0.1, 0.15) is 41.6 Å². The van der Waals surface area contributed by atoms with Gasteiger partial charge in [-0.3, -0.25) is 9.36 Å². The number of nitrogens with zero attached hydrogens (tertiary/aromatic N) is 2. The average Bonchev–Trinajstić information content (AvgIpc) is 3.52. The Bertz CT molecular complexity index is 1790. The third kappa shape index (κ3) is 5.00. The first kappa shape index (κ1) is 26.5. The van der Waals surface area contributed by atoms with Crippen molar-refractivity contribution in [2.24, 2.45) is 4.99 Å². The number of carbonyl (C=O) groups excluding carboxylic acids is 1. The molecule has 10 heteroatoms. The predicted octanol–water partition coefficient (Wildman–Crippen LogP) is 4.48. The van der Waals surface area contributed by atoms with Crippen LogP contribution in [0.2, 0.25) is 0 Å². The summed E-state index contributed by atoms with van der Waals surface area (Å²) in [6, 6.07) is 16.9. The fourth-order valence-corrected chi connectivity index (χ4v) is 5.92. The number of aromatic carboxylic acids is 1. The molecule has 3 heterocycles. The number of rotatable bonds is 7. The van der Waals surface area contributed by atoms with Crippen molar-refractivity contribution in [1.29, 1.82) is 0 Å². The van der Waals surface area contributed by atoms with E-state index in [-0.39, 0.29) is 17.7 Å². The fraction of sp³-hybridized carbons (Fsp3) is 0.172. The molecular weight excluding hydrogens is 536 g/mol. The number of esters is 1. The number of fused-ring (bicyclic) bond motifs is 1. The third-order valence-corrected chi connectivity index (χ3v) is 8.00. The molecule has 0 amide bonds. The lowest BCUT2D eigenvalue weighted by Crippen LogP contribution is -2.39. The van der Waals surface area contributed by atoms with Crippen LogP contribution in [0.5, 0.6) is 0 Å². The van der Waals surface area contributed by atoms with Gasteiger partial charge >= 0.3 is 11.9 Å². The first-order chi connectivity index (χ1) is 18.8. The molecule has 1 N–H and O–H groups in total. The second kappa shape index (κ2) is 10.9. The van der Waals surface area contributed by atoms with Crippen molar-refractivity contribution in [2.45, 2.75) is 24.8 Å². The Morgan fingerprint density at radius 1 is 1.15 bits per heavy atom. The number of thioether (sulfide) groups is 1. The maximum Gasteiger partial charge on any atom is 0.338 e. The van der Waals surface area contributed by atoms with E-state index >= 15 is 0 Å². The molecule has 5 rings (SSSR count). The van der Waals surface area contributed by atoms with Gasteiger partial charge in [-0.05, 0) is 56.0 Å². The second-order valence-corrected chi connectivity index (χ2v) is 10.5. The Kier molecular flexibility index (Phi) is 7.40. The van der Waals surface area contributed by atoms with Gasteiger partial charge in [0.15, 0.2) is 4.80 Å². The lowest BCUT2D eigenvalue weighted by molar-refractivity contribution is -0.139. The summed E-state index contributed by atoms with van der Waals surface area (Å²) < 4.78 is 13.1. The van der Waals surface area contributed by atoms with Crippen molar-refractivity contribution >= 4 is 41.1 Å². The molecule has 1 atom stereocenters. The van der Waals surface area contributed by atoms with Crippen LogP contribution in [-0.4, -0.2) is 34.5 Å². The van der Waals surface area contributed by atoms with Crippen LogP contribution >= 0.6 is 23.1 Å². The molecule has 2 aromatic heterocycles. The van der Waals surface area contributed by atoms with Crippen LogP contribution in [0.3, 0.4) is 0 Å². The van der Waals surface area contributed by atoms with Gasteiger partial charge < -0.3 is 14.3 Å². The Morgan fingerprint density at radius 2 is 1.90 bits per heavy atom. The van der Waals surface area contributed by atoms with E-state index in [1.54, 1.807) is 62.0 Å². The number of hydrogen-bond acceptors (Lipinski definition) is 8. The van der Waals surface area contributed by atoms with Gasteiger partial charge in [0.25, 0.3) is 5.56 Å². The molecule has 198 valence electrons. The molecule has 2 aromatic carbocycles. The Labute approximate surface area is 231 Å². The zero-order valence-corrected chi connectivity index (χ0v) is 23.0. The summed E-state index contributed by atoms with van der Waals surface area (Å²) in [5, 5.41) is 9.52. The highest BCUT2D eigenvalue weighted by Gasteiger charge is 2.33. The molecule has 4 aromatic rings. The molecular formula is C29H24N2O6S2. The molecule has 8 nitrogen and oxygen atoms in total. The van der Waals surface area contributed by atoms with E-state index < -0.39 is 18.0 Å². The Morgan fingerprint density at radius 3 is 2.59 bits per heavy atom. The van der Waals surface area contributed by atoms with E-state index in [1.165, 1.54) is 22.0 Å². The molecule has 1 unspecified atom stereocenters. The molecule has 39 heavy (non-hydrogen) atoms. The minimum absolute atomic E-state index is 0.118. The summed E-state index contributed by atoms with van der Waals surface area (Å²) in [4.78, 5) is 44.5. The van der Waals surface area contributed by atoms with Crippen LogP contribution in [0.15, 0.2) is 91.0 Å². The Balaban J connectivity index is 1.63. The average molecular weight is 561 g/mol. The van der Waals surface area contributed by atoms with Crippen molar-refractivity contribution in [1.82, 2.24) is 4.57 Å². The quantitative estimate of drug-likeness (QED) is 0.262. The molecule has 0 saturated heterocycles. The van der Waals surface area contributed by atoms with Gasteiger partial charge in [-0.25, -0.2) is 14.6 Å². The topological polar surface area (TPSA) is 111 Å². The fourth-order valence-electron chi connectivity index (χ4n) is 4.48. The minimum Gasteiger partial charge on any atom is -0.478 e. The number of thiazole rings is 1. The van der Waals surface area contributed by atoms with Crippen LogP contribution < -0.4 is 14.9 Å². The van der Waals surface area contributed by atoms with E-state index in [2.05, 4.69) is 4.99 Å². The molecule has 1 aliphatic heterocycles.